The van der Waals surface area contributed by atoms with Crippen LogP contribution in [0.3, 0.4) is 0 Å². The van der Waals surface area contributed by atoms with Crippen LogP contribution in [-0.4, -0.2) is 26.3 Å². The molecule has 1 aromatic heterocycles. The zero-order valence-electron chi connectivity index (χ0n) is 23.6. The van der Waals surface area contributed by atoms with Crippen molar-refractivity contribution in [2.24, 2.45) is 51.2 Å². The minimum absolute atomic E-state index is 0.0708. The van der Waals surface area contributed by atoms with Gasteiger partial charge in [0.2, 0.25) is 4.77 Å². The number of aromatic nitrogens is 3. The van der Waals surface area contributed by atoms with Crippen LogP contribution in [0.15, 0.2) is 12.2 Å². The van der Waals surface area contributed by atoms with Gasteiger partial charge in [0.15, 0.2) is 0 Å². The van der Waals surface area contributed by atoms with Gasteiger partial charge in [0.25, 0.3) is 0 Å². The Morgan fingerprint density at radius 3 is 2.41 bits per heavy atom. The maximum absolute atomic E-state index is 12.9. The molecular formula is C31H45N3O2S. The monoisotopic (exact) mass is 523 g/mol. The first kappa shape index (κ1) is 25.7. The first-order valence-corrected chi connectivity index (χ1v) is 15.0. The molecule has 0 amide bonds. The van der Waals surface area contributed by atoms with Gasteiger partial charge in [0.1, 0.15) is 0 Å². The molecule has 5 aliphatic carbocycles. The molecule has 37 heavy (non-hydrogen) atoms. The van der Waals surface area contributed by atoms with Gasteiger partial charge in [-0.15, -0.1) is 0 Å². The van der Waals surface area contributed by atoms with Gasteiger partial charge in [-0.1, -0.05) is 46.8 Å². The molecule has 5 aliphatic rings. The summed E-state index contributed by atoms with van der Waals surface area (Å²) in [5.41, 5.74) is 3.21. The van der Waals surface area contributed by atoms with Crippen molar-refractivity contribution in [2.45, 2.75) is 105 Å². The van der Waals surface area contributed by atoms with Crippen LogP contribution in [-0.2, 0) is 16.6 Å². The predicted octanol–water partition coefficient (Wildman–Crippen LogP) is 7.29. The van der Waals surface area contributed by atoms with Crippen LogP contribution in [0.4, 0.5) is 0 Å². The zero-order chi connectivity index (χ0) is 26.8. The topological polar surface area (TPSA) is 78.9 Å². The summed E-state index contributed by atoms with van der Waals surface area (Å²) in [6, 6.07) is 0. The minimum Gasteiger partial charge on any atom is -0.481 e. The molecule has 5 nitrogen and oxygen atoms in total. The summed E-state index contributed by atoms with van der Waals surface area (Å²) >= 11 is 5.38. The van der Waals surface area contributed by atoms with E-state index in [0.717, 1.165) is 49.9 Å². The molecule has 1 aromatic rings. The number of rotatable bonds is 2. The molecule has 4 fully saturated rings. The van der Waals surface area contributed by atoms with Crippen LogP contribution in [0.1, 0.15) is 104 Å². The molecule has 0 spiro atoms. The van der Waals surface area contributed by atoms with Crippen molar-refractivity contribution in [3.63, 3.8) is 0 Å². The molecular weight excluding hydrogens is 478 g/mol. The number of fused-ring (bicyclic) bond motifs is 8. The molecule has 0 bridgehead atoms. The Bertz CT molecular complexity index is 1240. The largest absolute Gasteiger partial charge is 0.481 e. The van der Waals surface area contributed by atoms with Crippen molar-refractivity contribution in [1.29, 1.82) is 0 Å². The quantitative estimate of drug-likeness (QED) is 0.314. The van der Waals surface area contributed by atoms with E-state index in [1.165, 1.54) is 24.8 Å². The second kappa shape index (κ2) is 7.76. The fourth-order valence-electron chi connectivity index (χ4n) is 11.8. The normalized spacial score (nSPS) is 47.6. The summed E-state index contributed by atoms with van der Waals surface area (Å²) in [4.78, 5) is 17.7. The van der Waals surface area contributed by atoms with Gasteiger partial charge in [-0.05, 0) is 123 Å². The Morgan fingerprint density at radius 1 is 1.00 bits per heavy atom. The highest BCUT2D eigenvalue weighted by molar-refractivity contribution is 7.71. The Kier molecular flexibility index (Phi) is 5.39. The Hall–Kier alpha value is -1.56. The van der Waals surface area contributed by atoms with Gasteiger partial charge in [-0.3, -0.25) is 9.89 Å². The highest BCUT2D eigenvalue weighted by Gasteiger charge is 2.72. The van der Waals surface area contributed by atoms with Crippen LogP contribution in [0, 0.1) is 56.0 Å². The Morgan fingerprint density at radius 2 is 1.73 bits per heavy atom. The Balaban J connectivity index is 1.44. The molecule has 1 heterocycles. The number of aromatic amines is 1. The maximum Gasteiger partial charge on any atom is 0.309 e. The third-order valence-corrected chi connectivity index (χ3v) is 13.7. The van der Waals surface area contributed by atoms with E-state index in [-0.39, 0.29) is 27.6 Å². The number of carboxylic acid groups (broad SMARTS) is 1. The number of H-pyrrole nitrogens is 1. The van der Waals surface area contributed by atoms with Crippen molar-refractivity contribution in [1.82, 2.24) is 15.2 Å². The third-order valence-electron chi connectivity index (χ3n) is 13.6. The van der Waals surface area contributed by atoms with Crippen molar-refractivity contribution in [2.75, 3.05) is 0 Å². The number of carboxylic acids is 1. The van der Waals surface area contributed by atoms with Crippen molar-refractivity contribution in [3.8, 4) is 0 Å². The van der Waals surface area contributed by atoms with E-state index in [1.54, 1.807) is 0 Å². The molecule has 4 saturated carbocycles. The molecule has 4 unspecified atom stereocenters. The highest BCUT2D eigenvalue weighted by atomic mass is 32.1. The van der Waals surface area contributed by atoms with Gasteiger partial charge < -0.3 is 5.11 Å². The second-order valence-corrected chi connectivity index (χ2v) is 15.4. The number of aliphatic carboxylic acids is 1. The molecule has 6 heteroatoms. The van der Waals surface area contributed by atoms with E-state index in [4.69, 9.17) is 22.3 Å². The minimum atomic E-state index is -0.558. The van der Waals surface area contributed by atoms with Gasteiger partial charge in [-0.2, -0.15) is 5.10 Å². The molecule has 0 aromatic carbocycles. The number of hydrogen-bond donors (Lipinski definition) is 2. The first-order chi connectivity index (χ1) is 17.2. The molecule has 0 aliphatic heterocycles. The van der Waals surface area contributed by atoms with E-state index in [2.05, 4.69) is 53.2 Å². The highest BCUT2D eigenvalue weighted by Crippen LogP contribution is 2.77. The maximum atomic E-state index is 12.9. The van der Waals surface area contributed by atoms with Crippen LogP contribution in [0.25, 0.3) is 0 Å². The van der Waals surface area contributed by atoms with Gasteiger partial charge in [-0.25, -0.2) is 4.98 Å². The third kappa shape index (κ3) is 3.03. The van der Waals surface area contributed by atoms with Gasteiger partial charge >= 0.3 is 5.97 Å². The van der Waals surface area contributed by atoms with Gasteiger partial charge in [0, 0.05) is 5.41 Å². The molecule has 202 valence electrons. The van der Waals surface area contributed by atoms with Crippen LogP contribution < -0.4 is 0 Å². The number of hydrogen-bond acceptors (Lipinski definition) is 4. The average molecular weight is 524 g/mol. The number of allylic oxidation sites excluding steroid dienone is 1. The average Bonchev–Trinajstić information content (AvgIpc) is 3.21. The summed E-state index contributed by atoms with van der Waals surface area (Å²) in [6.07, 6.45) is 9.33. The van der Waals surface area contributed by atoms with Crippen LogP contribution >= 0.6 is 12.2 Å². The van der Waals surface area contributed by atoms with E-state index < -0.39 is 11.4 Å². The second-order valence-electron chi connectivity index (χ2n) is 15.0. The van der Waals surface area contributed by atoms with E-state index in [0.29, 0.717) is 28.4 Å². The summed E-state index contributed by atoms with van der Waals surface area (Å²) < 4.78 is 0.483. The fourth-order valence-corrected chi connectivity index (χ4v) is 12.0. The van der Waals surface area contributed by atoms with E-state index >= 15 is 0 Å². The SMILES string of the molecule is C=C(C)[C@@H]1CC[C@]2(C(=O)O)CC[C@]3(C)C(CCC4[C@@]5(C)Cc6n[nH]c(=S)nc6C(C)(C)C5CC[C@]43C)C12. The van der Waals surface area contributed by atoms with Crippen molar-refractivity contribution >= 4 is 18.2 Å². The number of nitrogens with one attached hydrogen (secondary N) is 1. The molecule has 9 atom stereocenters. The van der Waals surface area contributed by atoms with Gasteiger partial charge in [0.05, 0.1) is 16.8 Å². The number of nitrogens with zero attached hydrogens (tertiary/aromatic N) is 2. The van der Waals surface area contributed by atoms with Crippen molar-refractivity contribution in [3.05, 3.63) is 28.3 Å². The van der Waals surface area contributed by atoms with Crippen LogP contribution in [0.5, 0.6) is 0 Å². The first-order valence-electron chi connectivity index (χ1n) is 14.6. The number of carbonyl (C=O) groups is 1. The lowest BCUT2D eigenvalue weighted by Crippen LogP contribution is -2.67. The predicted molar refractivity (Wildman–Crippen MR) is 148 cm³/mol. The molecule has 6 rings (SSSR count). The lowest BCUT2D eigenvalue weighted by molar-refractivity contribution is -0.228. The van der Waals surface area contributed by atoms with E-state index in [1.807, 2.05) is 0 Å². The zero-order valence-corrected chi connectivity index (χ0v) is 24.4. The molecule has 0 radical (unpaired) electrons. The summed E-state index contributed by atoms with van der Waals surface area (Å²) in [7, 11) is 0. The van der Waals surface area contributed by atoms with Crippen LogP contribution in [0.2, 0.25) is 0 Å². The standard InChI is InChI=1S/C31H45N3O2S/c1-17(2)18-10-13-31(25(35)36)15-14-29(6)19(23(18)31)8-9-22-28(5)16-20-24(32-26(37)34-33-20)27(3,4)21(28)11-12-30(22,29)7/h18-19,21-23H,1,8-16H2,2-7H3,(H,35,36)(H,32,34,37)/t18-,19?,21?,22?,23?,28-,29+,30+,31-/m0/s1. The lowest BCUT2D eigenvalue weighted by atomic mass is 9.32. The lowest BCUT2D eigenvalue weighted by Gasteiger charge is -2.72. The summed E-state index contributed by atoms with van der Waals surface area (Å²) in [5.74, 6) is 1.58. The molecule has 2 N–H and O–H groups in total. The molecule has 0 saturated heterocycles. The summed E-state index contributed by atoms with van der Waals surface area (Å²) in [6.45, 7) is 18.9. The summed E-state index contributed by atoms with van der Waals surface area (Å²) in [5, 5.41) is 18.3. The fraction of sp³-hybridized carbons (Fsp3) is 0.806. The van der Waals surface area contributed by atoms with E-state index in [9.17, 15) is 9.90 Å². The van der Waals surface area contributed by atoms with Crippen molar-refractivity contribution < 1.29 is 9.90 Å². The Labute approximate surface area is 227 Å². The smallest absolute Gasteiger partial charge is 0.309 e.